The standard InChI is InChI=1S/C73H141NO5/c1-3-5-7-9-11-13-15-17-19-21-30-33-37-41-45-49-53-57-61-65-71(76)70(69-75)74-72(77)66-62-58-54-50-46-42-38-34-31-28-26-24-23-25-27-29-32-36-40-44-48-52-56-60-64-68-79-73(78)67-63-59-55-51-47-43-39-35-22-20-18-16-14-12-10-8-6-4-2/h14,16,20,22,70-71,75-76H,3-13,15,17-19,21,23-69H2,1-2H3,(H,74,77)/b16-14-,22-20-. The molecule has 79 heavy (non-hydrogen) atoms. The van der Waals surface area contributed by atoms with Crippen LogP contribution in [0.25, 0.3) is 0 Å². The summed E-state index contributed by atoms with van der Waals surface area (Å²) in [5.74, 6) is -0.0191. The predicted molar refractivity (Wildman–Crippen MR) is 347 cm³/mol. The summed E-state index contributed by atoms with van der Waals surface area (Å²) < 4.78 is 5.50. The van der Waals surface area contributed by atoms with Crippen molar-refractivity contribution in [1.29, 1.82) is 0 Å². The zero-order chi connectivity index (χ0) is 57.1. The van der Waals surface area contributed by atoms with Crippen molar-refractivity contribution < 1.29 is 24.5 Å². The fourth-order valence-electron chi connectivity index (χ4n) is 11.5. The van der Waals surface area contributed by atoms with Gasteiger partial charge in [0.1, 0.15) is 0 Å². The highest BCUT2D eigenvalue weighted by atomic mass is 16.5. The van der Waals surface area contributed by atoms with E-state index >= 15 is 0 Å². The van der Waals surface area contributed by atoms with Crippen molar-refractivity contribution >= 4 is 11.9 Å². The Labute approximate surface area is 494 Å². The van der Waals surface area contributed by atoms with E-state index < -0.39 is 12.1 Å². The molecule has 0 aliphatic rings. The second-order valence-corrected chi connectivity index (χ2v) is 24.9. The molecule has 0 bridgehead atoms. The zero-order valence-corrected chi connectivity index (χ0v) is 53.6. The van der Waals surface area contributed by atoms with Crippen LogP contribution in [0.4, 0.5) is 0 Å². The third-order valence-corrected chi connectivity index (χ3v) is 17.0. The summed E-state index contributed by atoms with van der Waals surface area (Å²) >= 11 is 0. The second kappa shape index (κ2) is 68.8. The van der Waals surface area contributed by atoms with Crippen LogP contribution in [0, 0.1) is 0 Å². The molecule has 468 valence electrons. The summed E-state index contributed by atoms with van der Waals surface area (Å²) in [6.45, 7) is 4.97. The third-order valence-electron chi connectivity index (χ3n) is 17.0. The molecule has 1 amide bonds. The average Bonchev–Trinajstić information content (AvgIpc) is 3.45. The van der Waals surface area contributed by atoms with Gasteiger partial charge in [-0.25, -0.2) is 0 Å². The lowest BCUT2D eigenvalue weighted by molar-refractivity contribution is -0.143. The number of aliphatic hydroxyl groups excluding tert-OH is 2. The first-order valence-electron chi connectivity index (χ1n) is 36.1. The number of esters is 1. The van der Waals surface area contributed by atoms with E-state index in [4.69, 9.17) is 4.74 Å². The first kappa shape index (κ1) is 77.3. The van der Waals surface area contributed by atoms with Crippen LogP contribution >= 0.6 is 0 Å². The Hall–Kier alpha value is -1.66. The lowest BCUT2D eigenvalue weighted by Crippen LogP contribution is -2.45. The van der Waals surface area contributed by atoms with Crippen LogP contribution in [0.15, 0.2) is 24.3 Å². The highest BCUT2D eigenvalue weighted by Crippen LogP contribution is 2.19. The molecule has 0 aromatic rings. The Balaban J connectivity index is 3.35. The molecule has 6 nitrogen and oxygen atoms in total. The minimum atomic E-state index is -0.664. The number of nitrogens with one attached hydrogen (secondary N) is 1. The summed E-state index contributed by atoms with van der Waals surface area (Å²) in [6.07, 6.45) is 86.5. The number of unbranched alkanes of at least 4 members (excludes halogenated alkanes) is 53. The fraction of sp³-hybridized carbons (Fsp3) is 0.918. The molecule has 0 radical (unpaired) electrons. The highest BCUT2D eigenvalue weighted by Gasteiger charge is 2.20. The van der Waals surface area contributed by atoms with Crippen molar-refractivity contribution in [1.82, 2.24) is 5.32 Å². The number of hydrogen-bond acceptors (Lipinski definition) is 5. The van der Waals surface area contributed by atoms with Gasteiger partial charge in [0, 0.05) is 12.8 Å². The van der Waals surface area contributed by atoms with Gasteiger partial charge in [-0.15, -0.1) is 0 Å². The second-order valence-electron chi connectivity index (χ2n) is 24.9. The predicted octanol–water partition coefficient (Wildman–Crippen LogP) is 23.3. The minimum absolute atomic E-state index is 0.0100. The molecular formula is C73H141NO5. The third kappa shape index (κ3) is 65.4. The van der Waals surface area contributed by atoms with Gasteiger partial charge in [0.05, 0.1) is 25.4 Å². The Bertz CT molecular complexity index is 1230. The molecule has 0 saturated carbocycles. The van der Waals surface area contributed by atoms with E-state index in [-0.39, 0.29) is 18.5 Å². The quantitative estimate of drug-likeness (QED) is 0.0320. The number of allylic oxidation sites excluding steroid dienone is 4. The van der Waals surface area contributed by atoms with Crippen molar-refractivity contribution in [2.24, 2.45) is 0 Å². The summed E-state index contributed by atoms with van der Waals surface area (Å²) in [5.41, 5.74) is 0. The Morgan fingerprint density at radius 1 is 0.354 bits per heavy atom. The van der Waals surface area contributed by atoms with E-state index in [2.05, 4.69) is 43.5 Å². The maximum atomic E-state index is 12.5. The van der Waals surface area contributed by atoms with Gasteiger partial charge in [0.15, 0.2) is 0 Å². The van der Waals surface area contributed by atoms with Crippen molar-refractivity contribution in [3.05, 3.63) is 24.3 Å². The van der Waals surface area contributed by atoms with Crippen LogP contribution in [0.1, 0.15) is 406 Å². The van der Waals surface area contributed by atoms with Crippen molar-refractivity contribution in [2.75, 3.05) is 13.2 Å². The summed E-state index contributed by atoms with van der Waals surface area (Å²) in [4.78, 5) is 24.6. The van der Waals surface area contributed by atoms with Gasteiger partial charge in [-0.1, -0.05) is 359 Å². The number of ether oxygens (including phenoxy) is 1. The molecule has 0 fully saturated rings. The number of rotatable bonds is 68. The molecule has 2 atom stereocenters. The van der Waals surface area contributed by atoms with E-state index in [0.29, 0.717) is 25.9 Å². The Morgan fingerprint density at radius 3 is 0.975 bits per heavy atom. The molecule has 3 N–H and O–H groups in total. The van der Waals surface area contributed by atoms with E-state index in [0.717, 1.165) is 51.4 Å². The number of amides is 1. The van der Waals surface area contributed by atoms with E-state index in [1.54, 1.807) is 0 Å². The highest BCUT2D eigenvalue weighted by molar-refractivity contribution is 5.76. The number of hydrogen-bond donors (Lipinski definition) is 3. The Kier molecular flexibility index (Phi) is 67.4. The van der Waals surface area contributed by atoms with E-state index in [9.17, 15) is 19.8 Å². The van der Waals surface area contributed by atoms with Crippen LogP contribution in [-0.2, 0) is 14.3 Å². The number of carbonyl (C=O) groups excluding carboxylic acids is 2. The van der Waals surface area contributed by atoms with Crippen LogP contribution in [-0.4, -0.2) is 47.4 Å². The van der Waals surface area contributed by atoms with Crippen LogP contribution in [0.5, 0.6) is 0 Å². The number of aliphatic hydroxyl groups is 2. The topological polar surface area (TPSA) is 95.9 Å². The van der Waals surface area contributed by atoms with Crippen LogP contribution < -0.4 is 5.32 Å². The maximum absolute atomic E-state index is 12.5. The van der Waals surface area contributed by atoms with Gasteiger partial charge in [0.25, 0.3) is 0 Å². The SMILES string of the molecule is CCCCCC/C=C\C/C=C\CCCCCCCCCC(=O)OCCCCCCCCCCCCCCCCCCCCCCCCCCCC(=O)NC(CO)C(O)CCCCCCCCCCCCCCCCCCCCC. The molecule has 0 saturated heterocycles. The fourth-order valence-corrected chi connectivity index (χ4v) is 11.5. The van der Waals surface area contributed by atoms with Crippen molar-refractivity contribution in [3.8, 4) is 0 Å². The van der Waals surface area contributed by atoms with Gasteiger partial charge in [-0.05, 0) is 57.8 Å². The lowest BCUT2D eigenvalue weighted by Gasteiger charge is -2.22. The van der Waals surface area contributed by atoms with E-state index in [1.807, 2.05) is 0 Å². The lowest BCUT2D eigenvalue weighted by atomic mass is 10.0. The largest absolute Gasteiger partial charge is 0.466 e. The zero-order valence-electron chi connectivity index (χ0n) is 53.6. The minimum Gasteiger partial charge on any atom is -0.466 e. The summed E-state index contributed by atoms with van der Waals surface area (Å²) in [5, 5.41) is 23.4. The smallest absolute Gasteiger partial charge is 0.305 e. The molecular weight excluding hydrogens is 971 g/mol. The summed E-state index contributed by atoms with van der Waals surface area (Å²) in [6, 6.07) is -0.541. The van der Waals surface area contributed by atoms with Gasteiger partial charge in [-0.2, -0.15) is 0 Å². The molecule has 2 unspecified atom stereocenters. The van der Waals surface area contributed by atoms with Crippen molar-refractivity contribution in [3.63, 3.8) is 0 Å². The molecule has 0 aliphatic heterocycles. The van der Waals surface area contributed by atoms with Crippen molar-refractivity contribution in [2.45, 2.75) is 418 Å². The maximum Gasteiger partial charge on any atom is 0.305 e. The van der Waals surface area contributed by atoms with Gasteiger partial charge >= 0.3 is 5.97 Å². The molecule has 0 rings (SSSR count). The normalized spacial score (nSPS) is 12.6. The molecule has 0 aliphatic carbocycles. The molecule has 0 aromatic heterocycles. The Morgan fingerprint density at radius 2 is 0.633 bits per heavy atom. The van der Waals surface area contributed by atoms with Crippen LogP contribution in [0.3, 0.4) is 0 Å². The summed E-state index contributed by atoms with van der Waals surface area (Å²) in [7, 11) is 0. The van der Waals surface area contributed by atoms with Gasteiger partial charge in [0.2, 0.25) is 5.91 Å². The first-order valence-corrected chi connectivity index (χ1v) is 36.1. The molecule has 6 heteroatoms. The molecule has 0 heterocycles. The monoisotopic (exact) mass is 1110 g/mol. The number of carbonyl (C=O) groups is 2. The molecule has 0 aromatic carbocycles. The first-order chi connectivity index (χ1) is 39.0. The van der Waals surface area contributed by atoms with Gasteiger partial charge in [-0.3, -0.25) is 9.59 Å². The molecule has 0 spiro atoms. The average molecular weight is 1110 g/mol. The van der Waals surface area contributed by atoms with Crippen LogP contribution in [0.2, 0.25) is 0 Å². The van der Waals surface area contributed by atoms with E-state index in [1.165, 1.54) is 321 Å². The van der Waals surface area contributed by atoms with Gasteiger partial charge < -0.3 is 20.3 Å².